The lowest BCUT2D eigenvalue weighted by molar-refractivity contribution is -0.106. The molecule has 3 nitrogen and oxygen atoms in total. The Kier molecular flexibility index (Phi) is 1.28. The van der Waals surface area contributed by atoms with Crippen LogP contribution in [0.4, 0.5) is 0 Å². The predicted octanol–water partition coefficient (Wildman–Crippen LogP) is 1.30. The maximum absolute atomic E-state index is 10.3. The van der Waals surface area contributed by atoms with Gasteiger partial charge in [0.25, 0.3) is 5.95 Å². The van der Waals surface area contributed by atoms with Gasteiger partial charge in [-0.05, 0) is 12.1 Å². The number of hydrogen-bond acceptors (Lipinski definition) is 3. The zero-order chi connectivity index (χ0) is 7.68. The zero-order valence-corrected chi connectivity index (χ0v) is 5.74. The molecular formula is C8H6O3. The highest BCUT2D eigenvalue weighted by atomic mass is 16.6. The summed E-state index contributed by atoms with van der Waals surface area (Å²) in [7, 11) is 0. The van der Waals surface area contributed by atoms with Crippen molar-refractivity contribution in [3.05, 3.63) is 29.7 Å². The van der Waals surface area contributed by atoms with E-state index in [0.717, 1.165) is 5.56 Å². The molecule has 1 aliphatic heterocycles. The largest absolute Gasteiger partial charge is 0.434 e. The second-order valence-corrected chi connectivity index (χ2v) is 2.26. The summed E-state index contributed by atoms with van der Waals surface area (Å²) in [5, 5.41) is 0. The monoisotopic (exact) mass is 150 g/mol. The fraction of sp³-hybridized carbons (Fsp3) is 0.125. The third-order valence-electron chi connectivity index (χ3n) is 1.56. The molecule has 0 radical (unpaired) electrons. The number of fused-ring (bicyclic) bond motifs is 1. The maximum Gasteiger partial charge on any atom is 0.293 e. The number of carbonyl (C=O) groups excluding carboxylic acids is 1. The second kappa shape index (κ2) is 2.27. The Hall–Kier alpha value is -1.51. The number of rotatable bonds is 1. The van der Waals surface area contributed by atoms with Crippen LogP contribution in [0.1, 0.15) is 5.56 Å². The van der Waals surface area contributed by atoms with E-state index < -0.39 is 0 Å². The van der Waals surface area contributed by atoms with Crippen molar-refractivity contribution in [1.82, 2.24) is 0 Å². The van der Waals surface area contributed by atoms with Gasteiger partial charge in [-0.2, -0.15) is 0 Å². The van der Waals surface area contributed by atoms with Crippen LogP contribution in [0, 0.1) is 0 Å². The highest BCUT2D eigenvalue weighted by Gasteiger charge is 2.13. The zero-order valence-electron chi connectivity index (χ0n) is 5.74. The summed E-state index contributed by atoms with van der Waals surface area (Å²) in [5.74, 6) is 0.766. The summed E-state index contributed by atoms with van der Waals surface area (Å²) in [4.78, 5) is 10.3. The SMILES string of the molecule is O=CC1=CCc2ccoc2O1. The Morgan fingerprint density at radius 2 is 2.45 bits per heavy atom. The van der Waals surface area contributed by atoms with Crippen LogP contribution in [0.15, 0.2) is 28.6 Å². The summed E-state index contributed by atoms with van der Waals surface area (Å²) in [6, 6.07) is 1.83. The number of carbonyl (C=O) groups is 1. The number of hydrogen-bond donors (Lipinski definition) is 0. The smallest absolute Gasteiger partial charge is 0.293 e. The van der Waals surface area contributed by atoms with Gasteiger partial charge >= 0.3 is 0 Å². The minimum atomic E-state index is 0.326. The van der Waals surface area contributed by atoms with E-state index in [9.17, 15) is 4.79 Å². The van der Waals surface area contributed by atoms with E-state index in [0.29, 0.717) is 24.4 Å². The quantitative estimate of drug-likeness (QED) is 0.566. The van der Waals surface area contributed by atoms with Crippen molar-refractivity contribution in [2.24, 2.45) is 0 Å². The molecule has 0 saturated heterocycles. The highest BCUT2D eigenvalue weighted by molar-refractivity contribution is 5.71. The molecule has 0 fully saturated rings. The van der Waals surface area contributed by atoms with Gasteiger partial charge in [-0.25, -0.2) is 0 Å². The van der Waals surface area contributed by atoms with Crippen LogP contribution in [0.25, 0.3) is 0 Å². The molecule has 1 aliphatic rings. The first kappa shape index (κ1) is 6.22. The van der Waals surface area contributed by atoms with Crippen molar-refractivity contribution in [3.8, 4) is 5.95 Å². The molecule has 1 aromatic heterocycles. The van der Waals surface area contributed by atoms with E-state index in [-0.39, 0.29) is 0 Å². The number of ether oxygens (including phenoxy) is 1. The van der Waals surface area contributed by atoms with Crippen molar-refractivity contribution < 1.29 is 13.9 Å². The molecule has 0 amide bonds. The molecule has 56 valence electrons. The topological polar surface area (TPSA) is 39.4 Å². The lowest BCUT2D eigenvalue weighted by Crippen LogP contribution is -2.02. The number of furan rings is 1. The molecule has 0 saturated carbocycles. The Morgan fingerprint density at radius 1 is 1.55 bits per heavy atom. The number of aldehydes is 1. The van der Waals surface area contributed by atoms with Crippen molar-refractivity contribution >= 4 is 6.29 Å². The van der Waals surface area contributed by atoms with E-state index in [1.807, 2.05) is 6.07 Å². The number of allylic oxidation sites excluding steroid dienone is 2. The van der Waals surface area contributed by atoms with Crippen molar-refractivity contribution in [2.75, 3.05) is 0 Å². The van der Waals surface area contributed by atoms with Gasteiger partial charge in [0.05, 0.1) is 6.26 Å². The summed E-state index contributed by atoms with van der Waals surface area (Å²) in [6.07, 6.45) is 4.66. The average Bonchev–Trinajstić information content (AvgIpc) is 2.50. The maximum atomic E-state index is 10.3. The van der Waals surface area contributed by atoms with Crippen LogP contribution in [0.3, 0.4) is 0 Å². The molecule has 0 spiro atoms. The summed E-state index contributed by atoms with van der Waals surface area (Å²) in [6.45, 7) is 0. The van der Waals surface area contributed by atoms with E-state index in [4.69, 9.17) is 9.15 Å². The summed E-state index contributed by atoms with van der Waals surface area (Å²) < 4.78 is 10.0. The van der Waals surface area contributed by atoms with E-state index in [2.05, 4.69) is 0 Å². The Bertz CT molecular complexity index is 309. The lowest BCUT2D eigenvalue weighted by Gasteiger charge is -2.07. The Morgan fingerprint density at radius 3 is 3.27 bits per heavy atom. The van der Waals surface area contributed by atoms with Crippen molar-refractivity contribution in [2.45, 2.75) is 6.42 Å². The molecule has 3 heteroatoms. The molecule has 0 atom stereocenters. The van der Waals surface area contributed by atoms with Gasteiger partial charge in [-0.1, -0.05) is 0 Å². The second-order valence-electron chi connectivity index (χ2n) is 2.26. The third-order valence-corrected chi connectivity index (χ3v) is 1.56. The highest BCUT2D eigenvalue weighted by Crippen LogP contribution is 2.26. The molecule has 0 unspecified atom stereocenters. The predicted molar refractivity (Wildman–Crippen MR) is 37.2 cm³/mol. The van der Waals surface area contributed by atoms with Crippen molar-refractivity contribution in [1.29, 1.82) is 0 Å². The average molecular weight is 150 g/mol. The van der Waals surface area contributed by atoms with Crippen LogP contribution < -0.4 is 4.74 Å². The first-order valence-electron chi connectivity index (χ1n) is 3.29. The first-order valence-corrected chi connectivity index (χ1v) is 3.29. The van der Waals surface area contributed by atoms with Crippen LogP contribution in [0.2, 0.25) is 0 Å². The summed E-state index contributed by atoms with van der Waals surface area (Å²) >= 11 is 0. The molecule has 2 heterocycles. The standard InChI is InChI=1S/C8H6O3/c9-5-7-2-1-6-3-4-10-8(6)11-7/h2-5H,1H2. The fourth-order valence-electron chi connectivity index (χ4n) is 0.994. The van der Waals surface area contributed by atoms with Crippen LogP contribution in [-0.4, -0.2) is 6.29 Å². The fourth-order valence-corrected chi connectivity index (χ4v) is 0.994. The van der Waals surface area contributed by atoms with Crippen LogP contribution in [0.5, 0.6) is 5.95 Å². The van der Waals surface area contributed by atoms with Gasteiger partial charge in [0.1, 0.15) is 0 Å². The minimum Gasteiger partial charge on any atom is -0.434 e. The Labute approximate surface area is 63.3 Å². The van der Waals surface area contributed by atoms with Crippen LogP contribution in [-0.2, 0) is 11.2 Å². The lowest BCUT2D eigenvalue weighted by atomic mass is 10.2. The molecule has 11 heavy (non-hydrogen) atoms. The van der Waals surface area contributed by atoms with Crippen molar-refractivity contribution in [3.63, 3.8) is 0 Å². The van der Waals surface area contributed by atoms with Gasteiger partial charge in [0.15, 0.2) is 12.0 Å². The van der Waals surface area contributed by atoms with E-state index >= 15 is 0 Å². The molecule has 0 N–H and O–H groups in total. The van der Waals surface area contributed by atoms with Gasteiger partial charge in [-0.3, -0.25) is 4.79 Å². The molecule has 0 aliphatic carbocycles. The van der Waals surface area contributed by atoms with Gasteiger partial charge in [-0.15, -0.1) is 0 Å². The van der Waals surface area contributed by atoms with E-state index in [1.165, 1.54) is 0 Å². The molecule has 1 aromatic rings. The molecular weight excluding hydrogens is 144 g/mol. The molecule has 0 bridgehead atoms. The van der Waals surface area contributed by atoms with Gasteiger partial charge < -0.3 is 9.15 Å². The van der Waals surface area contributed by atoms with Gasteiger partial charge in [0, 0.05) is 12.0 Å². The van der Waals surface area contributed by atoms with E-state index in [1.54, 1.807) is 12.3 Å². The molecule has 0 aromatic carbocycles. The molecule has 2 rings (SSSR count). The van der Waals surface area contributed by atoms with Crippen LogP contribution >= 0.6 is 0 Å². The normalized spacial score (nSPS) is 14.7. The Balaban J connectivity index is 2.33. The minimum absolute atomic E-state index is 0.326. The third kappa shape index (κ3) is 0.941. The van der Waals surface area contributed by atoms with Gasteiger partial charge in [0.2, 0.25) is 0 Å². The first-order chi connectivity index (χ1) is 5.40. The summed E-state index contributed by atoms with van der Waals surface area (Å²) in [5.41, 5.74) is 0.982.